The fourth-order valence-electron chi connectivity index (χ4n) is 2.25. The van der Waals surface area contributed by atoms with Gasteiger partial charge in [0, 0.05) is 12.5 Å². The van der Waals surface area contributed by atoms with Crippen LogP contribution in [0, 0.1) is 0 Å². The number of amides is 1. The van der Waals surface area contributed by atoms with Gasteiger partial charge in [0.1, 0.15) is 0 Å². The summed E-state index contributed by atoms with van der Waals surface area (Å²) in [5, 5.41) is 24.8. The number of hydrogen-bond donors (Lipinski definition) is 4. The van der Waals surface area contributed by atoms with Crippen LogP contribution in [-0.2, 0) is 11.2 Å². The molecule has 0 radical (unpaired) electrons. The summed E-state index contributed by atoms with van der Waals surface area (Å²) in [7, 11) is 0. The Balaban J connectivity index is 1.77. The molecule has 1 aliphatic heterocycles. The number of hydrogen-bond acceptors (Lipinski definition) is 4. The highest BCUT2D eigenvalue weighted by Gasteiger charge is 2.15. The van der Waals surface area contributed by atoms with E-state index in [1.165, 1.54) is 12.1 Å². The lowest BCUT2D eigenvalue weighted by atomic mass is 10.1. The van der Waals surface area contributed by atoms with Gasteiger partial charge in [-0.05, 0) is 50.0 Å². The molecule has 0 unspecified atom stereocenters. The van der Waals surface area contributed by atoms with Gasteiger partial charge in [0.25, 0.3) is 0 Å². The lowest BCUT2D eigenvalue weighted by Crippen LogP contribution is -2.42. The van der Waals surface area contributed by atoms with Crippen LogP contribution in [-0.4, -0.2) is 35.3 Å². The molecule has 0 aromatic heterocycles. The summed E-state index contributed by atoms with van der Waals surface area (Å²) in [5.74, 6) is -0.237. The van der Waals surface area contributed by atoms with E-state index in [0.717, 1.165) is 31.5 Å². The largest absolute Gasteiger partial charge is 0.504 e. The van der Waals surface area contributed by atoms with Gasteiger partial charge in [-0.25, -0.2) is 0 Å². The minimum absolute atomic E-state index is 0.0412. The van der Waals surface area contributed by atoms with Gasteiger partial charge in [0.2, 0.25) is 5.91 Å². The van der Waals surface area contributed by atoms with Crippen molar-refractivity contribution in [3.05, 3.63) is 23.8 Å². The third-order valence-corrected chi connectivity index (χ3v) is 3.38. The highest BCUT2D eigenvalue weighted by atomic mass is 16.3. The van der Waals surface area contributed by atoms with E-state index >= 15 is 0 Å². The number of nitrogens with one attached hydrogen (secondary N) is 2. The Labute approximate surface area is 112 Å². The molecule has 4 N–H and O–H groups in total. The number of carbonyl (C=O) groups excluding carboxylic acids is 1. The fraction of sp³-hybridized carbons (Fsp3) is 0.500. The Kier molecular flexibility index (Phi) is 4.63. The van der Waals surface area contributed by atoms with E-state index in [9.17, 15) is 15.0 Å². The second-order valence-electron chi connectivity index (χ2n) is 4.91. The highest BCUT2D eigenvalue weighted by molar-refractivity contribution is 5.76. The van der Waals surface area contributed by atoms with Crippen LogP contribution in [0.2, 0.25) is 0 Å². The molecule has 1 aromatic carbocycles. The van der Waals surface area contributed by atoms with Crippen molar-refractivity contribution in [2.75, 3.05) is 13.1 Å². The first-order valence-corrected chi connectivity index (χ1v) is 6.66. The van der Waals surface area contributed by atoms with E-state index in [1.807, 2.05) is 0 Å². The summed E-state index contributed by atoms with van der Waals surface area (Å²) in [4.78, 5) is 11.8. The third kappa shape index (κ3) is 4.13. The zero-order chi connectivity index (χ0) is 13.7. The maximum atomic E-state index is 11.8. The Morgan fingerprint density at radius 1 is 1.26 bits per heavy atom. The number of aryl methyl sites for hydroxylation is 1. The van der Waals surface area contributed by atoms with Crippen LogP contribution in [0.1, 0.15) is 24.8 Å². The molecule has 1 aliphatic rings. The van der Waals surface area contributed by atoms with Crippen LogP contribution >= 0.6 is 0 Å². The first-order valence-electron chi connectivity index (χ1n) is 6.66. The van der Waals surface area contributed by atoms with Crippen molar-refractivity contribution in [3.8, 4) is 11.5 Å². The number of benzene rings is 1. The quantitative estimate of drug-likeness (QED) is 0.609. The zero-order valence-corrected chi connectivity index (χ0v) is 10.9. The molecule has 1 heterocycles. The number of carbonyl (C=O) groups is 1. The first-order chi connectivity index (χ1) is 9.15. The monoisotopic (exact) mass is 264 g/mol. The molecule has 0 aliphatic carbocycles. The van der Waals surface area contributed by atoms with Crippen molar-refractivity contribution in [2.45, 2.75) is 31.7 Å². The Bertz CT molecular complexity index is 442. The van der Waals surface area contributed by atoms with Crippen LogP contribution in [0.5, 0.6) is 11.5 Å². The summed E-state index contributed by atoms with van der Waals surface area (Å²) >= 11 is 0. The standard InChI is InChI=1S/C14H20N2O3/c17-12-3-1-10(9-13(12)18)2-4-14(19)16-11-5-7-15-8-6-11/h1,3,9,11,15,17-18H,2,4-8H2,(H,16,19). The number of phenolic OH excluding ortho intramolecular Hbond substituents is 2. The average molecular weight is 264 g/mol. The minimum atomic E-state index is -0.142. The summed E-state index contributed by atoms with van der Waals surface area (Å²) in [6.07, 6.45) is 2.91. The first kappa shape index (κ1) is 13.7. The van der Waals surface area contributed by atoms with Crippen LogP contribution in [0.15, 0.2) is 18.2 Å². The van der Waals surface area contributed by atoms with Gasteiger partial charge in [0.05, 0.1) is 0 Å². The predicted octanol–water partition coefficient (Wildman–Crippen LogP) is 0.899. The Hall–Kier alpha value is -1.75. The number of rotatable bonds is 4. The smallest absolute Gasteiger partial charge is 0.220 e. The molecule has 0 saturated carbocycles. The van der Waals surface area contributed by atoms with Crippen molar-refractivity contribution < 1.29 is 15.0 Å². The average Bonchev–Trinajstić information content (AvgIpc) is 2.41. The van der Waals surface area contributed by atoms with Crippen molar-refractivity contribution >= 4 is 5.91 Å². The second kappa shape index (κ2) is 6.43. The van der Waals surface area contributed by atoms with Crippen molar-refractivity contribution in [1.29, 1.82) is 0 Å². The van der Waals surface area contributed by atoms with E-state index in [1.54, 1.807) is 6.07 Å². The zero-order valence-electron chi connectivity index (χ0n) is 10.9. The molecule has 1 fully saturated rings. The molecule has 5 nitrogen and oxygen atoms in total. The van der Waals surface area contributed by atoms with Crippen LogP contribution < -0.4 is 10.6 Å². The third-order valence-electron chi connectivity index (χ3n) is 3.38. The van der Waals surface area contributed by atoms with Gasteiger partial charge in [-0.1, -0.05) is 6.07 Å². The number of phenols is 2. The van der Waals surface area contributed by atoms with Crippen LogP contribution in [0.25, 0.3) is 0 Å². The van der Waals surface area contributed by atoms with Gasteiger partial charge < -0.3 is 20.8 Å². The summed E-state index contributed by atoms with van der Waals surface area (Å²) in [5.41, 5.74) is 0.843. The fourth-order valence-corrected chi connectivity index (χ4v) is 2.25. The van der Waals surface area contributed by atoms with Gasteiger partial charge in [-0.15, -0.1) is 0 Å². The van der Waals surface area contributed by atoms with Crippen LogP contribution in [0.3, 0.4) is 0 Å². The van der Waals surface area contributed by atoms with Crippen LogP contribution in [0.4, 0.5) is 0 Å². The van der Waals surface area contributed by atoms with E-state index in [0.29, 0.717) is 12.8 Å². The van der Waals surface area contributed by atoms with E-state index in [4.69, 9.17) is 0 Å². The molecule has 5 heteroatoms. The van der Waals surface area contributed by atoms with Gasteiger partial charge >= 0.3 is 0 Å². The predicted molar refractivity (Wildman–Crippen MR) is 72.1 cm³/mol. The summed E-state index contributed by atoms with van der Waals surface area (Å²) < 4.78 is 0. The molecule has 2 rings (SSSR count). The molecule has 1 aromatic rings. The molecule has 19 heavy (non-hydrogen) atoms. The lowest BCUT2D eigenvalue weighted by molar-refractivity contribution is -0.121. The molecule has 0 bridgehead atoms. The molecular formula is C14H20N2O3. The maximum Gasteiger partial charge on any atom is 0.220 e. The van der Waals surface area contributed by atoms with Crippen molar-refractivity contribution in [1.82, 2.24) is 10.6 Å². The highest BCUT2D eigenvalue weighted by Crippen LogP contribution is 2.25. The van der Waals surface area contributed by atoms with E-state index < -0.39 is 0 Å². The van der Waals surface area contributed by atoms with Gasteiger partial charge in [-0.3, -0.25) is 4.79 Å². The summed E-state index contributed by atoms with van der Waals surface area (Å²) in [6.45, 7) is 1.91. The minimum Gasteiger partial charge on any atom is -0.504 e. The molecule has 1 amide bonds. The van der Waals surface area contributed by atoms with Crippen molar-refractivity contribution in [2.24, 2.45) is 0 Å². The maximum absolute atomic E-state index is 11.8. The summed E-state index contributed by atoms with van der Waals surface area (Å²) in [6, 6.07) is 4.93. The lowest BCUT2D eigenvalue weighted by Gasteiger charge is -2.23. The Morgan fingerprint density at radius 2 is 2.00 bits per heavy atom. The van der Waals surface area contributed by atoms with Gasteiger partial charge in [-0.2, -0.15) is 0 Å². The molecule has 1 saturated heterocycles. The van der Waals surface area contributed by atoms with E-state index in [-0.39, 0.29) is 23.4 Å². The molecule has 0 spiro atoms. The topological polar surface area (TPSA) is 81.6 Å². The SMILES string of the molecule is O=C(CCc1ccc(O)c(O)c1)NC1CCNCC1. The van der Waals surface area contributed by atoms with Crippen molar-refractivity contribution in [3.63, 3.8) is 0 Å². The normalized spacial score (nSPS) is 16.2. The molecule has 0 atom stereocenters. The number of piperidine rings is 1. The second-order valence-corrected chi connectivity index (χ2v) is 4.91. The van der Waals surface area contributed by atoms with Gasteiger partial charge in [0.15, 0.2) is 11.5 Å². The molecular weight excluding hydrogens is 244 g/mol. The van der Waals surface area contributed by atoms with E-state index in [2.05, 4.69) is 10.6 Å². The Morgan fingerprint density at radius 3 is 2.68 bits per heavy atom. The number of aromatic hydroxyl groups is 2. The molecule has 104 valence electrons.